The summed E-state index contributed by atoms with van der Waals surface area (Å²) in [6.45, 7) is 27.1. The van der Waals surface area contributed by atoms with Crippen LogP contribution in [0.4, 0.5) is 0 Å². The van der Waals surface area contributed by atoms with E-state index in [4.69, 9.17) is 0 Å². The van der Waals surface area contributed by atoms with Crippen LogP contribution in [-0.4, -0.2) is 60.5 Å². The minimum absolute atomic E-state index is 0.616. The summed E-state index contributed by atoms with van der Waals surface area (Å²) < 4.78 is 0. The van der Waals surface area contributed by atoms with E-state index in [9.17, 15) is 0 Å². The van der Waals surface area contributed by atoms with E-state index >= 15 is 0 Å². The highest BCUT2D eigenvalue weighted by atomic mass is 32.2. The molecule has 4 heterocycles. The van der Waals surface area contributed by atoms with Gasteiger partial charge in [-0.25, -0.2) is 0 Å². The van der Waals surface area contributed by atoms with Crippen molar-refractivity contribution < 1.29 is 0 Å². The molecule has 3 fully saturated rings. The Labute approximate surface area is 225 Å². The van der Waals surface area contributed by atoms with Gasteiger partial charge in [0.25, 0.3) is 0 Å². The van der Waals surface area contributed by atoms with Crippen LogP contribution in [0.5, 0.6) is 0 Å². The van der Waals surface area contributed by atoms with Crippen LogP contribution < -0.4 is 21.3 Å². The van der Waals surface area contributed by atoms with E-state index in [1.807, 2.05) is 78.9 Å². The predicted molar refractivity (Wildman–Crippen MR) is 168 cm³/mol. The highest BCUT2D eigenvalue weighted by molar-refractivity contribution is 7.99. The molecule has 0 aromatic heterocycles. The molecule has 4 aliphatic heterocycles. The third-order valence-corrected chi connectivity index (χ3v) is 6.67. The maximum Gasteiger partial charge on any atom is 0.0420 e. The number of hydrogen-bond donors (Lipinski definition) is 4. The minimum atomic E-state index is 0.616. The second-order valence-electron chi connectivity index (χ2n) is 7.54. The number of piperidine rings is 1. The normalized spacial score (nSPS) is 26.0. The highest BCUT2D eigenvalue weighted by Crippen LogP contribution is 2.09. The number of thioether (sulfide) groups is 2. The molecule has 4 N–H and O–H groups in total. The molecular weight excluding hydrogens is 456 g/mol. The predicted octanol–water partition coefficient (Wildman–Crippen LogP) is 7.52. The zero-order chi connectivity index (χ0) is 27.0. The third kappa shape index (κ3) is 34.4. The summed E-state index contributed by atoms with van der Waals surface area (Å²) in [6, 6.07) is 2.93. The Hall–Kier alpha value is 0.280. The van der Waals surface area contributed by atoms with Gasteiger partial charge in [0.2, 0.25) is 0 Å². The van der Waals surface area contributed by atoms with Crippen molar-refractivity contribution in [1.82, 2.24) is 21.3 Å². The number of hydrogen-bond acceptors (Lipinski definition) is 6. The lowest BCUT2D eigenvalue weighted by Gasteiger charge is -2.18. The smallest absolute Gasteiger partial charge is 0.0420 e. The minimum Gasteiger partial charge on any atom is -0.314 e. The maximum atomic E-state index is 3.38. The largest absolute Gasteiger partial charge is 0.314 e. The number of nitrogens with one attached hydrogen (secondary N) is 4. The molecule has 0 saturated carbocycles. The fraction of sp³-hybridized carbons (Fsp3) is 0.929. The van der Waals surface area contributed by atoms with E-state index in [1.165, 1.54) is 43.7 Å². The first-order valence-electron chi connectivity index (χ1n) is 14.3. The van der Waals surface area contributed by atoms with E-state index in [2.05, 4.69) is 61.1 Å². The third-order valence-electron chi connectivity index (χ3n) is 4.67. The average molecular weight is 523 g/mol. The van der Waals surface area contributed by atoms with Gasteiger partial charge >= 0.3 is 0 Å². The Morgan fingerprint density at radius 2 is 1.18 bits per heavy atom. The summed E-state index contributed by atoms with van der Waals surface area (Å²) in [5.41, 5.74) is 0. The average Bonchev–Trinajstić information content (AvgIpc) is 3.60. The van der Waals surface area contributed by atoms with Crippen molar-refractivity contribution in [3.8, 4) is 0 Å². The molecule has 0 amide bonds. The monoisotopic (exact) mass is 522 g/mol. The van der Waals surface area contributed by atoms with Crippen LogP contribution in [0, 0.1) is 0 Å². The van der Waals surface area contributed by atoms with Crippen molar-refractivity contribution in [1.29, 1.82) is 0 Å². The number of rotatable bonds is 0. The lowest BCUT2D eigenvalue weighted by atomic mass is 10.1. The van der Waals surface area contributed by atoms with Crippen LogP contribution in [0.3, 0.4) is 0 Å². The fourth-order valence-corrected chi connectivity index (χ4v) is 4.81. The molecule has 0 radical (unpaired) electrons. The molecule has 210 valence electrons. The second kappa shape index (κ2) is 37.8. The van der Waals surface area contributed by atoms with Gasteiger partial charge in [-0.05, 0) is 59.3 Å². The molecule has 4 rings (SSSR count). The van der Waals surface area contributed by atoms with E-state index in [0.29, 0.717) is 6.04 Å². The second-order valence-corrected chi connectivity index (χ2v) is 9.68. The van der Waals surface area contributed by atoms with Crippen molar-refractivity contribution in [3.05, 3.63) is 12.2 Å². The molecule has 6 heteroatoms. The van der Waals surface area contributed by atoms with Gasteiger partial charge in [0.15, 0.2) is 0 Å². The molecular formula is C28H66N4S2. The van der Waals surface area contributed by atoms with E-state index in [1.54, 1.807) is 0 Å². The quantitative estimate of drug-likeness (QED) is 0.247. The van der Waals surface area contributed by atoms with Crippen molar-refractivity contribution in [2.75, 3.05) is 36.3 Å². The first-order chi connectivity index (χ1) is 16.6. The van der Waals surface area contributed by atoms with Gasteiger partial charge in [-0.3, -0.25) is 0 Å². The zero-order valence-electron chi connectivity index (χ0n) is 25.4. The van der Waals surface area contributed by atoms with Gasteiger partial charge in [0.05, 0.1) is 0 Å². The van der Waals surface area contributed by atoms with Crippen LogP contribution >= 0.6 is 23.5 Å². The molecule has 0 aromatic rings. The Morgan fingerprint density at radius 1 is 0.618 bits per heavy atom. The lowest BCUT2D eigenvalue weighted by molar-refractivity contribution is 0.425. The summed E-state index contributed by atoms with van der Waals surface area (Å²) in [6.07, 6.45) is 9.83. The van der Waals surface area contributed by atoms with Gasteiger partial charge in [-0.2, -0.15) is 0 Å². The van der Waals surface area contributed by atoms with Crippen molar-refractivity contribution in [2.45, 2.75) is 133 Å². The molecule has 3 saturated heterocycles. The molecule has 0 bridgehead atoms. The van der Waals surface area contributed by atoms with Gasteiger partial charge in [-0.1, -0.05) is 74.0 Å². The fourth-order valence-electron chi connectivity index (χ4n) is 2.75. The Kier molecular flexibility index (Phi) is 46.1. The molecule has 0 aromatic carbocycles. The molecule has 4 nitrogen and oxygen atoms in total. The molecule has 4 atom stereocenters. The Bertz CT molecular complexity index is 323. The summed E-state index contributed by atoms with van der Waals surface area (Å²) in [5.74, 6) is 4.94. The summed E-state index contributed by atoms with van der Waals surface area (Å²) in [4.78, 5) is 0. The standard InChI is InChI=1S/C6H13N.C5H11NS.C5H9N.C4H9NS.4C2H6/c1-6-4-2-3-5-7-6;1-5-2-3-7-4-6-5;1-5-3-2-4-6-5;1-4-2-6-3-5-4;4*1-2/h6-7H,2-5H2,1H3;5-6H,2-4H2,1H3;2-3,5-6H,4H2,1H3;4-5H,2-3H2,1H3;4*1-2H3. The maximum absolute atomic E-state index is 3.38. The first kappa shape index (κ1) is 41.4. The molecule has 0 aliphatic carbocycles. The van der Waals surface area contributed by atoms with Crippen molar-refractivity contribution >= 4 is 23.5 Å². The lowest BCUT2D eigenvalue weighted by Crippen LogP contribution is -2.30. The summed E-state index contributed by atoms with van der Waals surface area (Å²) >= 11 is 3.96. The Balaban J connectivity index is -0.000000161. The van der Waals surface area contributed by atoms with Crippen LogP contribution in [0.1, 0.15) is 109 Å². The topological polar surface area (TPSA) is 48.1 Å². The van der Waals surface area contributed by atoms with Gasteiger partial charge in [-0.15, -0.1) is 23.5 Å². The summed E-state index contributed by atoms with van der Waals surface area (Å²) in [5, 5.41) is 13.2. The molecule has 0 spiro atoms. The molecule has 4 unspecified atom stereocenters. The highest BCUT2D eigenvalue weighted by Gasteiger charge is 2.06. The van der Waals surface area contributed by atoms with Crippen LogP contribution in [0.25, 0.3) is 0 Å². The molecule has 34 heavy (non-hydrogen) atoms. The van der Waals surface area contributed by atoms with E-state index < -0.39 is 0 Å². The van der Waals surface area contributed by atoms with Crippen LogP contribution in [0.15, 0.2) is 12.2 Å². The van der Waals surface area contributed by atoms with Crippen molar-refractivity contribution in [3.63, 3.8) is 0 Å². The van der Waals surface area contributed by atoms with Gasteiger partial charge in [0.1, 0.15) is 0 Å². The first-order valence-corrected chi connectivity index (χ1v) is 16.6. The van der Waals surface area contributed by atoms with Crippen molar-refractivity contribution in [2.24, 2.45) is 0 Å². The van der Waals surface area contributed by atoms with Gasteiger partial charge < -0.3 is 21.3 Å². The van der Waals surface area contributed by atoms with E-state index in [0.717, 1.165) is 36.4 Å². The zero-order valence-corrected chi connectivity index (χ0v) is 27.0. The van der Waals surface area contributed by atoms with Gasteiger partial charge in [0, 0.05) is 48.2 Å². The SMILES string of the molecule is CC.CC.CC.CC.CC1C=CCN1.CC1CCCCN1.CC1CCSCN1.CC1CSCN1. The Morgan fingerprint density at radius 3 is 1.35 bits per heavy atom. The molecule has 4 aliphatic rings. The van der Waals surface area contributed by atoms with Crippen LogP contribution in [0.2, 0.25) is 0 Å². The van der Waals surface area contributed by atoms with E-state index in [-0.39, 0.29) is 0 Å². The summed E-state index contributed by atoms with van der Waals surface area (Å²) in [7, 11) is 0. The van der Waals surface area contributed by atoms with Crippen LogP contribution in [-0.2, 0) is 0 Å².